The lowest BCUT2D eigenvalue weighted by Crippen LogP contribution is -2.51. The van der Waals surface area contributed by atoms with Crippen LogP contribution in [0.5, 0.6) is 0 Å². The number of rotatable bonds is 5. The molecule has 2 amide bonds. The van der Waals surface area contributed by atoms with Gasteiger partial charge in [-0.05, 0) is 32.1 Å². The van der Waals surface area contributed by atoms with Crippen molar-refractivity contribution >= 4 is 17.8 Å². The molecule has 0 aromatic heterocycles. The van der Waals surface area contributed by atoms with Crippen molar-refractivity contribution in [1.29, 1.82) is 0 Å². The highest BCUT2D eigenvalue weighted by molar-refractivity contribution is 5.85. The lowest BCUT2D eigenvalue weighted by atomic mass is 9.95. The van der Waals surface area contributed by atoms with E-state index in [9.17, 15) is 9.59 Å². The molecule has 3 saturated heterocycles. The number of carbonyl (C=O) groups excluding carboxylic acids is 2. The van der Waals surface area contributed by atoms with E-state index in [2.05, 4.69) is 15.2 Å². The molecule has 1 atom stereocenters. The minimum Gasteiger partial charge on any atom is -0.378 e. The zero-order valence-corrected chi connectivity index (χ0v) is 18.5. The first-order chi connectivity index (χ1) is 14.5. The molecular formula is C21H37N5O4. The van der Waals surface area contributed by atoms with Crippen molar-refractivity contribution in [2.45, 2.75) is 38.2 Å². The lowest BCUT2D eigenvalue weighted by molar-refractivity contribution is -0.140. The van der Waals surface area contributed by atoms with E-state index >= 15 is 0 Å². The molecule has 3 aliphatic rings. The molecule has 0 bridgehead atoms. The molecule has 0 aliphatic carbocycles. The number of amides is 2. The van der Waals surface area contributed by atoms with Crippen molar-refractivity contribution in [1.82, 2.24) is 20.0 Å². The molecular weight excluding hydrogens is 386 g/mol. The molecule has 0 spiro atoms. The van der Waals surface area contributed by atoms with Gasteiger partial charge in [-0.3, -0.25) is 9.59 Å². The summed E-state index contributed by atoms with van der Waals surface area (Å²) < 4.78 is 11.2. The maximum absolute atomic E-state index is 12.8. The number of piperidine rings is 1. The predicted octanol–water partition coefficient (Wildman–Crippen LogP) is 0.160. The number of hydrogen-bond acceptors (Lipinski definition) is 5. The van der Waals surface area contributed by atoms with Gasteiger partial charge in [-0.15, -0.1) is 0 Å². The van der Waals surface area contributed by atoms with E-state index in [4.69, 9.17) is 9.47 Å². The maximum atomic E-state index is 12.8. The van der Waals surface area contributed by atoms with Crippen LogP contribution in [-0.4, -0.2) is 112 Å². The third-order valence-electron chi connectivity index (χ3n) is 6.09. The van der Waals surface area contributed by atoms with Gasteiger partial charge in [0.2, 0.25) is 11.8 Å². The first-order valence-electron chi connectivity index (χ1n) is 11.3. The van der Waals surface area contributed by atoms with Gasteiger partial charge < -0.3 is 29.5 Å². The van der Waals surface area contributed by atoms with Crippen LogP contribution in [0, 0.1) is 5.92 Å². The van der Waals surface area contributed by atoms with Crippen LogP contribution >= 0.6 is 0 Å². The highest BCUT2D eigenvalue weighted by atomic mass is 16.5. The molecule has 3 rings (SSSR count). The third kappa shape index (κ3) is 6.57. The first kappa shape index (κ1) is 22.8. The highest BCUT2D eigenvalue weighted by Gasteiger charge is 2.30. The Morgan fingerprint density at radius 2 is 1.73 bits per heavy atom. The monoisotopic (exact) mass is 423 g/mol. The number of likely N-dealkylation sites (tertiary alicyclic amines) is 1. The molecule has 3 fully saturated rings. The van der Waals surface area contributed by atoms with Crippen LogP contribution in [0.3, 0.4) is 0 Å². The fourth-order valence-electron chi connectivity index (χ4n) is 4.11. The molecule has 30 heavy (non-hydrogen) atoms. The average molecular weight is 424 g/mol. The third-order valence-corrected chi connectivity index (χ3v) is 6.09. The number of guanidine groups is 1. The molecule has 0 saturated carbocycles. The van der Waals surface area contributed by atoms with Crippen molar-refractivity contribution < 1.29 is 19.1 Å². The summed E-state index contributed by atoms with van der Waals surface area (Å²) in [5.74, 6) is 1.03. The van der Waals surface area contributed by atoms with Crippen LogP contribution < -0.4 is 5.32 Å². The zero-order valence-electron chi connectivity index (χ0n) is 18.5. The molecule has 3 aliphatic heterocycles. The van der Waals surface area contributed by atoms with Gasteiger partial charge in [0.25, 0.3) is 0 Å². The number of aliphatic imine (C=N–C) groups is 1. The van der Waals surface area contributed by atoms with Crippen LogP contribution in [0.25, 0.3) is 0 Å². The average Bonchev–Trinajstić information content (AvgIpc) is 2.80. The smallest absolute Gasteiger partial charge is 0.243 e. The van der Waals surface area contributed by atoms with Crippen LogP contribution in [0.15, 0.2) is 4.99 Å². The van der Waals surface area contributed by atoms with Crippen molar-refractivity contribution in [2.75, 3.05) is 73.2 Å². The van der Waals surface area contributed by atoms with Gasteiger partial charge in [0, 0.05) is 59.3 Å². The summed E-state index contributed by atoms with van der Waals surface area (Å²) in [5, 5.41) is 3.43. The summed E-state index contributed by atoms with van der Waals surface area (Å²) in [7, 11) is 3.48. The Balaban J connectivity index is 1.55. The molecule has 1 N–H and O–H groups in total. The molecule has 1 unspecified atom stereocenters. The highest BCUT2D eigenvalue weighted by Crippen LogP contribution is 2.21. The molecule has 9 heteroatoms. The second-order valence-corrected chi connectivity index (χ2v) is 8.50. The van der Waals surface area contributed by atoms with Crippen LogP contribution in [0.1, 0.15) is 32.1 Å². The van der Waals surface area contributed by atoms with Gasteiger partial charge in [0.15, 0.2) is 5.96 Å². The first-order valence-corrected chi connectivity index (χ1v) is 11.3. The largest absolute Gasteiger partial charge is 0.378 e. The van der Waals surface area contributed by atoms with Gasteiger partial charge >= 0.3 is 0 Å². The number of hydrogen-bond donors (Lipinski definition) is 1. The second kappa shape index (κ2) is 11.5. The number of nitrogens with one attached hydrogen (secondary N) is 1. The van der Waals surface area contributed by atoms with E-state index in [-0.39, 0.29) is 30.4 Å². The normalized spacial score (nSPS) is 23.9. The zero-order chi connectivity index (χ0) is 21.3. The standard InChI is InChI=1S/C21H37N5O4/c1-24(2)19(27)16-23-21(22-15-18-5-3-4-12-30-18)26-8-6-17(7-9-26)20(28)25-10-13-29-14-11-25/h17-18H,3-16H2,1-2H3,(H,22,23). The van der Waals surface area contributed by atoms with E-state index in [0.29, 0.717) is 32.8 Å². The predicted molar refractivity (Wildman–Crippen MR) is 114 cm³/mol. The van der Waals surface area contributed by atoms with Gasteiger partial charge in [-0.2, -0.15) is 0 Å². The van der Waals surface area contributed by atoms with Gasteiger partial charge in [-0.1, -0.05) is 0 Å². The Kier molecular flexibility index (Phi) is 8.74. The second-order valence-electron chi connectivity index (χ2n) is 8.50. The number of morpholine rings is 1. The van der Waals surface area contributed by atoms with Crippen molar-refractivity contribution in [3.8, 4) is 0 Å². The minimum absolute atomic E-state index is 0.0272. The fourth-order valence-corrected chi connectivity index (χ4v) is 4.11. The molecule has 0 aromatic rings. The van der Waals surface area contributed by atoms with E-state index in [0.717, 1.165) is 51.3 Å². The van der Waals surface area contributed by atoms with Gasteiger partial charge in [0.1, 0.15) is 6.54 Å². The topological polar surface area (TPSA) is 86.7 Å². The minimum atomic E-state index is -0.0272. The molecule has 0 radical (unpaired) electrons. The van der Waals surface area contributed by atoms with Gasteiger partial charge in [0.05, 0.1) is 19.3 Å². The number of ether oxygens (including phenoxy) is 2. The van der Waals surface area contributed by atoms with Crippen LogP contribution in [-0.2, 0) is 19.1 Å². The molecule has 9 nitrogen and oxygen atoms in total. The van der Waals surface area contributed by atoms with Gasteiger partial charge in [-0.25, -0.2) is 4.99 Å². The van der Waals surface area contributed by atoms with E-state index < -0.39 is 0 Å². The van der Waals surface area contributed by atoms with E-state index in [1.54, 1.807) is 19.0 Å². The summed E-state index contributed by atoms with van der Waals surface area (Å²) in [6.07, 6.45) is 5.16. The Labute approximate surface area is 179 Å². The summed E-state index contributed by atoms with van der Waals surface area (Å²) >= 11 is 0. The van der Waals surface area contributed by atoms with Crippen LogP contribution in [0.2, 0.25) is 0 Å². The Hall–Kier alpha value is -1.87. The maximum Gasteiger partial charge on any atom is 0.243 e. The summed E-state index contributed by atoms with van der Waals surface area (Å²) in [5.41, 5.74) is 0. The quantitative estimate of drug-likeness (QED) is 0.501. The molecule has 0 aromatic carbocycles. The summed E-state index contributed by atoms with van der Waals surface area (Å²) in [6, 6.07) is 0. The Morgan fingerprint density at radius 3 is 2.37 bits per heavy atom. The lowest BCUT2D eigenvalue weighted by Gasteiger charge is -2.37. The number of nitrogens with zero attached hydrogens (tertiary/aromatic N) is 4. The van der Waals surface area contributed by atoms with E-state index in [1.165, 1.54) is 6.42 Å². The molecule has 3 heterocycles. The van der Waals surface area contributed by atoms with E-state index in [1.807, 2.05) is 4.90 Å². The van der Waals surface area contributed by atoms with Crippen molar-refractivity contribution in [3.63, 3.8) is 0 Å². The SMILES string of the molecule is CN(C)C(=O)CN=C(NCC1CCCCO1)N1CCC(C(=O)N2CCOCC2)CC1. The summed E-state index contributed by atoms with van der Waals surface area (Å²) in [4.78, 5) is 35.1. The van der Waals surface area contributed by atoms with Crippen LogP contribution in [0.4, 0.5) is 0 Å². The Morgan fingerprint density at radius 1 is 1.00 bits per heavy atom. The van der Waals surface area contributed by atoms with Crippen molar-refractivity contribution in [2.24, 2.45) is 10.9 Å². The number of carbonyl (C=O) groups is 2. The number of likely N-dealkylation sites (N-methyl/N-ethyl adjacent to an activating group) is 1. The molecule has 170 valence electrons. The summed E-state index contributed by atoms with van der Waals surface area (Å²) in [6.45, 7) is 5.80. The van der Waals surface area contributed by atoms with Crippen molar-refractivity contribution in [3.05, 3.63) is 0 Å². The Bertz CT molecular complexity index is 592. The fraction of sp³-hybridized carbons (Fsp3) is 0.857.